The van der Waals surface area contributed by atoms with Gasteiger partial charge in [-0.25, -0.2) is 22.5 Å². The minimum absolute atomic E-state index is 0.0763. The first-order valence-electron chi connectivity index (χ1n) is 10.3. The van der Waals surface area contributed by atoms with Gasteiger partial charge in [0.1, 0.15) is 5.82 Å². The van der Waals surface area contributed by atoms with Crippen LogP contribution in [0.2, 0.25) is 0 Å². The lowest BCUT2D eigenvalue weighted by molar-refractivity contribution is 0.436. The van der Waals surface area contributed by atoms with Gasteiger partial charge in [0, 0.05) is 25.4 Å². The minimum atomic E-state index is -3.81. The van der Waals surface area contributed by atoms with Crippen molar-refractivity contribution in [3.63, 3.8) is 0 Å². The van der Waals surface area contributed by atoms with Gasteiger partial charge >= 0.3 is 0 Å². The van der Waals surface area contributed by atoms with Crippen LogP contribution in [0.4, 0.5) is 4.39 Å². The molecule has 2 atom stereocenters. The van der Waals surface area contributed by atoms with Crippen molar-refractivity contribution in [2.45, 2.75) is 30.3 Å². The van der Waals surface area contributed by atoms with Gasteiger partial charge in [0.25, 0.3) is 10.0 Å². The Kier molecular flexibility index (Phi) is 6.22. The predicted molar refractivity (Wildman–Crippen MR) is 118 cm³/mol. The summed E-state index contributed by atoms with van der Waals surface area (Å²) in [5, 5.41) is 3.18. The molecular weight excluding hydrogens is 415 g/mol. The molecule has 1 aliphatic rings. The summed E-state index contributed by atoms with van der Waals surface area (Å²) in [6.07, 6.45) is 4.51. The second kappa shape index (κ2) is 8.90. The molecule has 3 aromatic rings. The number of fused-ring (bicyclic) bond motifs is 1. The first-order valence-corrected chi connectivity index (χ1v) is 11.8. The Morgan fingerprint density at radius 2 is 2.00 bits per heavy atom. The lowest BCUT2D eigenvalue weighted by atomic mass is 9.86. The van der Waals surface area contributed by atoms with Crippen LogP contribution >= 0.6 is 0 Å². The Labute approximate surface area is 182 Å². The van der Waals surface area contributed by atoms with Gasteiger partial charge in [0.15, 0.2) is 5.03 Å². The van der Waals surface area contributed by atoms with Crippen molar-refractivity contribution >= 4 is 10.0 Å². The number of nitrogens with zero attached hydrogens (tertiary/aromatic N) is 2. The molecule has 0 fully saturated rings. The molecule has 0 aliphatic heterocycles. The molecule has 1 heterocycles. The van der Waals surface area contributed by atoms with E-state index in [4.69, 9.17) is 0 Å². The highest BCUT2D eigenvalue weighted by Gasteiger charge is 2.33. The second-order valence-corrected chi connectivity index (χ2v) is 9.88. The van der Waals surface area contributed by atoms with Crippen molar-refractivity contribution in [1.82, 2.24) is 19.6 Å². The number of sulfonamides is 1. The van der Waals surface area contributed by atoms with Crippen molar-refractivity contribution in [3.8, 4) is 0 Å². The van der Waals surface area contributed by atoms with Crippen molar-refractivity contribution in [2.24, 2.45) is 13.0 Å². The maximum atomic E-state index is 14.8. The van der Waals surface area contributed by atoms with Gasteiger partial charge < -0.3 is 9.88 Å². The third-order valence-corrected chi connectivity index (χ3v) is 7.22. The van der Waals surface area contributed by atoms with Gasteiger partial charge in [0.05, 0.1) is 6.33 Å². The zero-order chi connectivity index (χ0) is 22.0. The van der Waals surface area contributed by atoms with Gasteiger partial charge in [-0.2, -0.15) is 0 Å². The standard InChI is InChI=1S/C23H27FN4O2S/c1-25-12-18-9-17-11-22(24)19(13-27-31(29,30)23-14-28(2)15-26-23)10-21(17)20(18)8-16-6-4-3-5-7-16/h3-7,10-11,14-15,18,20,25,27H,8-9,12-13H2,1-2H3. The quantitative estimate of drug-likeness (QED) is 0.563. The smallest absolute Gasteiger partial charge is 0.259 e. The zero-order valence-corrected chi connectivity index (χ0v) is 18.5. The summed E-state index contributed by atoms with van der Waals surface area (Å²) in [6, 6.07) is 13.7. The maximum Gasteiger partial charge on any atom is 0.259 e. The maximum absolute atomic E-state index is 14.8. The van der Waals surface area contributed by atoms with Crippen LogP contribution in [0.3, 0.4) is 0 Å². The van der Waals surface area contributed by atoms with Crippen LogP contribution in [0.15, 0.2) is 60.0 Å². The second-order valence-electron chi connectivity index (χ2n) is 8.16. The number of hydrogen-bond donors (Lipinski definition) is 2. The van der Waals surface area contributed by atoms with Crippen molar-refractivity contribution in [2.75, 3.05) is 13.6 Å². The molecule has 6 nitrogen and oxygen atoms in total. The van der Waals surface area contributed by atoms with E-state index in [2.05, 4.69) is 27.2 Å². The highest BCUT2D eigenvalue weighted by atomic mass is 32.2. The van der Waals surface area contributed by atoms with Crippen LogP contribution in [0, 0.1) is 11.7 Å². The highest BCUT2D eigenvalue weighted by Crippen LogP contribution is 2.41. The molecule has 164 valence electrons. The summed E-state index contributed by atoms with van der Waals surface area (Å²) in [5.74, 6) is 0.225. The molecule has 2 N–H and O–H groups in total. The third kappa shape index (κ3) is 4.71. The van der Waals surface area contributed by atoms with Gasteiger partial charge in [-0.15, -0.1) is 0 Å². The van der Waals surface area contributed by atoms with Gasteiger partial charge in [-0.05, 0) is 61.0 Å². The molecule has 2 unspecified atom stereocenters. The van der Waals surface area contributed by atoms with E-state index in [-0.39, 0.29) is 23.3 Å². The SMILES string of the molecule is CNCC1Cc2cc(F)c(CNS(=O)(=O)c3cn(C)cn3)cc2C1Cc1ccccc1. The van der Waals surface area contributed by atoms with Crippen LogP contribution < -0.4 is 10.0 Å². The van der Waals surface area contributed by atoms with Gasteiger partial charge in [-0.1, -0.05) is 36.4 Å². The lowest BCUT2D eigenvalue weighted by Crippen LogP contribution is -2.24. The normalized spacial score (nSPS) is 18.3. The molecule has 0 saturated heterocycles. The Morgan fingerprint density at radius 1 is 1.23 bits per heavy atom. The highest BCUT2D eigenvalue weighted by molar-refractivity contribution is 7.89. The molecule has 0 saturated carbocycles. The molecule has 1 aliphatic carbocycles. The predicted octanol–water partition coefficient (Wildman–Crippen LogP) is 2.76. The van der Waals surface area contributed by atoms with Gasteiger partial charge in [-0.3, -0.25) is 0 Å². The number of rotatable bonds is 8. The van der Waals surface area contributed by atoms with E-state index < -0.39 is 10.0 Å². The lowest BCUT2D eigenvalue weighted by Gasteiger charge is -2.21. The number of halogens is 1. The van der Waals surface area contributed by atoms with E-state index in [1.54, 1.807) is 17.7 Å². The van der Waals surface area contributed by atoms with Crippen molar-refractivity contribution in [1.29, 1.82) is 0 Å². The van der Waals surface area contributed by atoms with Gasteiger partial charge in [0.2, 0.25) is 0 Å². The fourth-order valence-electron chi connectivity index (χ4n) is 4.41. The molecule has 31 heavy (non-hydrogen) atoms. The van der Waals surface area contributed by atoms with E-state index in [9.17, 15) is 12.8 Å². The van der Waals surface area contributed by atoms with Crippen LogP contribution in [-0.2, 0) is 36.5 Å². The van der Waals surface area contributed by atoms with E-state index in [1.807, 2.05) is 31.3 Å². The summed E-state index contributed by atoms with van der Waals surface area (Å²) >= 11 is 0. The molecule has 0 bridgehead atoms. The van der Waals surface area contributed by atoms with E-state index >= 15 is 0 Å². The molecule has 0 amide bonds. The summed E-state index contributed by atoms with van der Waals surface area (Å²) < 4.78 is 43.8. The largest absolute Gasteiger partial charge is 0.339 e. The molecule has 8 heteroatoms. The average molecular weight is 443 g/mol. The third-order valence-electron chi connectivity index (χ3n) is 5.93. The molecular formula is C23H27FN4O2S. The minimum Gasteiger partial charge on any atom is -0.339 e. The molecule has 1 aromatic heterocycles. The topological polar surface area (TPSA) is 76.0 Å². The number of imidazole rings is 1. The summed E-state index contributed by atoms with van der Waals surface area (Å²) in [6.45, 7) is 0.724. The number of hydrogen-bond acceptors (Lipinski definition) is 4. The number of nitrogens with one attached hydrogen (secondary N) is 2. The molecule has 4 rings (SSSR count). The fraction of sp³-hybridized carbons (Fsp3) is 0.348. The Hall–Kier alpha value is -2.55. The first kappa shape index (κ1) is 21.7. The van der Waals surface area contributed by atoms with Crippen LogP contribution in [0.5, 0.6) is 0 Å². The van der Waals surface area contributed by atoms with E-state index in [1.165, 1.54) is 18.1 Å². The number of aryl methyl sites for hydroxylation is 1. The van der Waals surface area contributed by atoms with E-state index in [0.29, 0.717) is 11.5 Å². The fourth-order valence-corrected chi connectivity index (χ4v) is 5.39. The number of benzene rings is 2. The molecule has 0 radical (unpaired) electrons. The van der Waals surface area contributed by atoms with Crippen molar-refractivity contribution < 1.29 is 12.8 Å². The summed E-state index contributed by atoms with van der Waals surface area (Å²) in [7, 11) is -0.182. The Balaban J connectivity index is 1.59. The molecule has 2 aromatic carbocycles. The van der Waals surface area contributed by atoms with Crippen LogP contribution in [-0.4, -0.2) is 31.6 Å². The monoisotopic (exact) mass is 442 g/mol. The zero-order valence-electron chi connectivity index (χ0n) is 17.7. The Bertz CT molecular complexity index is 1160. The van der Waals surface area contributed by atoms with Crippen LogP contribution in [0.1, 0.15) is 28.2 Å². The summed E-state index contributed by atoms with van der Waals surface area (Å²) in [4.78, 5) is 3.88. The molecule has 0 spiro atoms. The number of aromatic nitrogens is 2. The first-order chi connectivity index (χ1) is 14.9. The summed E-state index contributed by atoms with van der Waals surface area (Å²) in [5.41, 5.74) is 3.71. The average Bonchev–Trinajstić information content (AvgIpc) is 3.32. The van der Waals surface area contributed by atoms with Crippen LogP contribution in [0.25, 0.3) is 0 Å². The van der Waals surface area contributed by atoms with Crippen molar-refractivity contribution in [3.05, 3.63) is 83.1 Å². The van der Waals surface area contributed by atoms with E-state index in [0.717, 1.165) is 30.5 Å². The Morgan fingerprint density at radius 3 is 2.68 bits per heavy atom.